The van der Waals surface area contributed by atoms with Gasteiger partial charge >= 0.3 is 0 Å². The van der Waals surface area contributed by atoms with Crippen molar-refractivity contribution in [3.63, 3.8) is 0 Å². The van der Waals surface area contributed by atoms with Gasteiger partial charge in [0.25, 0.3) is 0 Å². The molecule has 0 aliphatic heterocycles. The molecule has 1 unspecified atom stereocenters. The molecule has 0 aromatic carbocycles. The average molecular weight is 380 g/mol. The van der Waals surface area contributed by atoms with Gasteiger partial charge in [-0.25, -0.2) is 5.43 Å². The molecule has 0 aliphatic carbocycles. The van der Waals surface area contributed by atoms with Gasteiger partial charge in [0.1, 0.15) is 0 Å². The highest BCUT2D eigenvalue weighted by atomic mass is 79.9. The molecular formula is C10H12Br2N4S. The second-order valence-corrected chi connectivity index (χ2v) is 6.17. The van der Waals surface area contributed by atoms with E-state index >= 15 is 0 Å². The van der Waals surface area contributed by atoms with Crippen LogP contribution in [-0.4, -0.2) is 9.78 Å². The van der Waals surface area contributed by atoms with Crippen LogP contribution in [0.4, 0.5) is 0 Å². The molecule has 3 N–H and O–H groups in total. The van der Waals surface area contributed by atoms with Gasteiger partial charge in [-0.1, -0.05) is 0 Å². The van der Waals surface area contributed by atoms with Crippen molar-refractivity contribution in [2.45, 2.75) is 19.5 Å². The predicted octanol–water partition coefficient (Wildman–Crippen LogP) is 3.04. The minimum absolute atomic E-state index is 0.0527. The Balaban J connectivity index is 2.44. The molecule has 0 radical (unpaired) electrons. The molecule has 1 atom stereocenters. The molecule has 2 heterocycles. The number of thiophene rings is 1. The summed E-state index contributed by atoms with van der Waals surface area (Å²) < 4.78 is 3.96. The van der Waals surface area contributed by atoms with E-state index in [-0.39, 0.29) is 6.04 Å². The Morgan fingerprint density at radius 1 is 1.59 bits per heavy atom. The van der Waals surface area contributed by atoms with Crippen molar-refractivity contribution in [3.05, 3.63) is 37.2 Å². The Morgan fingerprint density at radius 3 is 2.88 bits per heavy atom. The smallest absolute Gasteiger partial charge is 0.0981 e. The zero-order valence-electron chi connectivity index (χ0n) is 9.15. The van der Waals surface area contributed by atoms with Crippen LogP contribution < -0.4 is 11.3 Å². The van der Waals surface area contributed by atoms with E-state index in [4.69, 9.17) is 5.84 Å². The molecule has 0 bridgehead atoms. The minimum Gasteiger partial charge on any atom is -0.270 e. The zero-order valence-corrected chi connectivity index (χ0v) is 13.1. The van der Waals surface area contributed by atoms with Crippen LogP contribution in [0.1, 0.15) is 23.5 Å². The van der Waals surface area contributed by atoms with Crippen LogP contribution in [0.15, 0.2) is 26.6 Å². The number of halogens is 2. The first-order chi connectivity index (χ1) is 8.17. The third-order valence-corrected chi connectivity index (χ3v) is 4.81. The highest BCUT2D eigenvalue weighted by molar-refractivity contribution is 9.10. The number of nitrogens with one attached hydrogen (secondary N) is 1. The van der Waals surface area contributed by atoms with Crippen LogP contribution in [-0.2, 0) is 6.54 Å². The van der Waals surface area contributed by atoms with Crippen LogP contribution >= 0.6 is 43.2 Å². The normalized spacial score (nSPS) is 12.9. The number of rotatable bonds is 4. The molecule has 0 amide bonds. The van der Waals surface area contributed by atoms with Gasteiger partial charge in [-0.3, -0.25) is 10.5 Å². The van der Waals surface area contributed by atoms with Crippen molar-refractivity contribution in [1.29, 1.82) is 0 Å². The van der Waals surface area contributed by atoms with Gasteiger partial charge in [0.2, 0.25) is 0 Å². The summed E-state index contributed by atoms with van der Waals surface area (Å²) in [6.45, 7) is 2.87. The highest BCUT2D eigenvalue weighted by Crippen LogP contribution is 2.33. The molecule has 0 fully saturated rings. The lowest BCUT2D eigenvalue weighted by molar-refractivity contribution is 0.546. The maximum atomic E-state index is 5.68. The zero-order chi connectivity index (χ0) is 12.4. The quantitative estimate of drug-likeness (QED) is 0.634. The Morgan fingerprint density at radius 2 is 2.35 bits per heavy atom. The second kappa shape index (κ2) is 5.62. The van der Waals surface area contributed by atoms with E-state index in [1.807, 2.05) is 10.1 Å². The fourth-order valence-electron chi connectivity index (χ4n) is 1.69. The largest absolute Gasteiger partial charge is 0.270 e. The Kier molecular flexibility index (Phi) is 4.37. The maximum absolute atomic E-state index is 5.68. The first kappa shape index (κ1) is 13.2. The van der Waals surface area contributed by atoms with Crippen molar-refractivity contribution >= 4 is 43.2 Å². The molecule has 2 rings (SSSR count). The number of aryl methyl sites for hydroxylation is 1. The van der Waals surface area contributed by atoms with Gasteiger partial charge in [0.15, 0.2) is 0 Å². The molecule has 7 heteroatoms. The van der Waals surface area contributed by atoms with Crippen LogP contribution in [0.3, 0.4) is 0 Å². The van der Waals surface area contributed by atoms with Gasteiger partial charge in [0.05, 0.1) is 22.4 Å². The summed E-state index contributed by atoms with van der Waals surface area (Å²) in [6.07, 6.45) is 1.80. The van der Waals surface area contributed by atoms with E-state index in [0.29, 0.717) is 0 Å². The topological polar surface area (TPSA) is 55.9 Å². The average Bonchev–Trinajstić information content (AvgIpc) is 2.89. The van der Waals surface area contributed by atoms with Crippen LogP contribution in [0.5, 0.6) is 0 Å². The molecule has 0 aliphatic rings. The lowest BCUT2D eigenvalue weighted by atomic mass is 10.2. The van der Waals surface area contributed by atoms with Crippen molar-refractivity contribution in [3.8, 4) is 0 Å². The number of hydrogen-bond acceptors (Lipinski definition) is 4. The first-order valence-electron chi connectivity index (χ1n) is 5.08. The summed E-state index contributed by atoms with van der Waals surface area (Å²) in [5.41, 5.74) is 3.89. The van der Waals surface area contributed by atoms with E-state index in [1.165, 1.54) is 0 Å². The molecule has 17 heavy (non-hydrogen) atoms. The van der Waals surface area contributed by atoms with Gasteiger partial charge in [0, 0.05) is 21.3 Å². The van der Waals surface area contributed by atoms with Crippen LogP contribution in [0, 0.1) is 0 Å². The van der Waals surface area contributed by atoms with Gasteiger partial charge in [-0.2, -0.15) is 5.10 Å². The molecular weight excluding hydrogens is 368 g/mol. The third kappa shape index (κ3) is 2.63. The standard InChI is InChI=1S/C10H12Br2N4S/c1-2-16-10(7(12)4-14-16)9(15-13)8-3-6(11)5-17-8/h3-5,9,15H,2,13H2,1H3. The van der Waals surface area contributed by atoms with Gasteiger partial charge in [-0.15, -0.1) is 11.3 Å². The van der Waals surface area contributed by atoms with E-state index in [2.05, 4.69) is 55.4 Å². The van der Waals surface area contributed by atoms with Crippen molar-refractivity contribution in [1.82, 2.24) is 15.2 Å². The fourth-order valence-corrected chi connectivity index (χ4v) is 3.72. The minimum atomic E-state index is -0.0527. The number of hydrogen-bond donors (Lipinski definition) is 2. The number of hydrazine groups is 1. The lowest BCUT2D eigenvalue weighted by Crippen LogP contribution is -2.30. The molecule has 92 valence electrons. The van der Waals surface area contributed by atoms with Crippen LogP contribution in [0.2, 0.25) is 0 Å². The summed E-state index contributed by atoms with van der Waals surface area (Å²) in [6, 6.07) is 2.01. The SMILES string of the molecule is CCn1ncc(Br)c1C(NN)c1cc(Br)cs1. The summed E-state index contributed by atoms with van der Waals surface area (Å²) in [4.78, 5) is 1.15. The molecule has 0 saturated heterocycles. The van der Waals surface area contributed by atoms with E-state index in [1.54, 1.807) is 17.5 Å². The molecule has 0 saturated carbocycles. The highest BCUT2D eigenvalue weighted by Gasteiger charge is 2.21. The number of nitrogens with two attached hydrogens (primary N) is 1. The molecule has 2 aromatic heterocycles. The number of nitrogens with zero attached hydrogens (tertiary/aromatic N) is 2. The molecule has 2 aromatic rings. The van der Waals surface area contributed by atoms with E-state index < -0.39 is 0 Å². The Labute approximate surface area is 120 Å². The van der Waals surface area contributed by atoms with Gasteiger partial charge < -0.3 is 0 Å². The van der Waals surface area contributed by atoms with Crippen molar-refractivity contribution in [2.75, 3.05) is 0 Å². The third-order valence-electron chi connectivity index (χ3n) is 2.45. The van der Waals surface area contributed by atoms with Crippen molar-refractivity contribution in [2.24, 2.45) is 5.84 Å². The van der Waals surface area contributed by atoms with E-state index in [9.17, 15) is 0 Å². The maximum Gasteiger partial charge on any atom is 0.0981 e. The second-order valence-electron chi connectivity index (χ2n) is 3.46. The first-order valence-corrected chi connectivity index (χ1v) is 7.55. The summed E-state index contributed by atoms with van der Waals surface area (Å²) >= 11 is 8.63. The molecule has 0 spiro atoms. The van der Waals surface area contributed by atoms with Gasteiger partial charge in [-0.05, 0) is 44.8 Å². The van der Waals surface area contributed by atoms with E-state index in [0.717, 1.165) is 26.1 Å². The summed E-state index contributed by atoms with van der Waals surface area (Å²) in [7, 11) is 0. The predicted molar refractivity (Wildman–Crippen MR) is 76.8 cm³/mol. The number of aromatic nitrogens is 2. The molecule has 4 nitrogen and oxygen atoms in total. The monoisotopic (exact) mass is 378 g/mol. The van der Waals surface area contributed by atoms with Crippen molar-refractivity contribution < 1.29 is 0 Å². The van der Waals surface area contributed by atoms with Crippen LogP contribution in [0.25, 0.3) is 0 Å². The summed E-state index contributed by atoms with van der Waals surface area (Å²) in [5.74, 6) is 5.68. The Hall–Kier alpha value is -0.210. The summed E-state index contributed by atoms with van der Waals surface area (Å²) in [5, 5.41) is 6.34. The lowest BCUT2D eigenvalue weighted by Gasteiger charge is -2.16. The fraction of sp³-hybridized carbons (Fsp3) is 0.300. The Bertz CT molecular complexity index is 508.